The molecule has 0 atom stereocenters. The van der Waals surface area contributed by atoms with Crippen LogP contribution in [0.1, 0.15) is 19.8 Å². The zero-order chi connectivity index (χ0) is 19.8. The summed E-state index contributed by atoms with van der Waals surface area (Å²) in [6.45, 7) is 1.80. The number of imide groups is 1. The summed E-state index contributed by atoms with van der Waals surface area (Å²) < 4.78 is 32.4. The Balaban J connectivity index is 2.00. The minimum absolute atomic E-state index is 0.0260. The van der Waals surface area contributed by atoms with Gasteiger partial charge in [0.15, 0.2) is 5.78 Å². The van der Waals surface area contributed by atoms with Crippen molar-refractivity contribution in [2.75, 3.05) is 38.2 Å². The average Bonchev–Trinajstić information content (AvgIpc) is 3.25. The van der Waals surface area contributed by atoms with E-state index in [9.17, 15) is 22.8 Å². The van der Waals surface area contributed by atoms with Crippen LogP contribution in [0.3, 0.4) is 0 Å². The van der Waals surface area contributed by atoms with Crippen LogP contribution in [0.2, 0.25) is 0 Å². The van der Waals surface area contributed by atoms with Crippen molar-refractivity contribution >= 4 is 33.4 Å². The van der Waals surface area contributed by atoms with Crippen LogP contribution in [0.5, 0.6) is 5.75 Å². The molecule has 2 fully saturated rings. The number of likely N-dealkylation sites (N-methyl/N-ethyl adjacent to an activating group) is 1. The minimum atomic E-state index is -3.69. The summed E-state index contributed by atoms with van der Waals surface area (Å²) in [6.07, 6.45) is 1.61. The third-order valence-corrected chi connectivity index (χ3v) is 6.44. The molecule has 2 saturated heterocycles. The molecule has 3 amide bonds. The normalized spacial score (nSPS) is 18.4. The molecule has 146 valence electrons. The van der Waals surface area contributed by atoms with Crippen LogP contribution in [0.25, 0.3) is 0 Å². The topological polar surface area (TPSA) is 104 Å². The second-order valence-corrected chi connectivity index (χ2v) is 8.49. The molecule has 0 aromatic heterocycles. The highest BCUT2D eigenvalue weighted by Crippen LogP contribution is 2.34. The lowest BCUT2D eigenvalue weighted by Gasteiger charge is -2.21. The number of amides is 3. The molecule has 0 unspecified atom stereocenters. The van der Waals surface area contributed by atoms with Crippen LogP contribution >= 0.6 is 0 Å². The van der Waals surface area contributed by atoms with E-state index in [1.54, 1.807) is 0 Å². The maximum absolute atomic E-state index is 12.8. The Morgan fingerprint density at radius 2 is 1.85 bits per heavy atom. The highest BCUT2D eigenvalue weighted by molar-refractivity contribution is 7.89. The van der Waals surface area contributed by atoms with Gasteiger partial charge >= 0.3 is 6.03 Å². The van der Waals surface area contributed by atoms with Crippen molar-refractivity contribution in [1.29, 1.82) is 0 Å². The quantitative estimate of drug-likeness (QED) is 0.661. The lowest BCUT2D eigenvalue weighted by molar-refractivity contribution is -0.124. The van der Waals surface area contributed by atoms with E-state index in [4.69, 9.17) is 4.74 Å². The van der Waals surface area contributed by atoms with E-state index < -0.39 is 16.1 Å². The summed E-state index contributed by atoms with van der Waals surface area (Å²) in [5.74, 6) is -0.567. The molecule has 1 aromatic rings. The van der Waals surface area contributed by atoms with Crippen molar-refractivity contribution in [1.82, 2.24) is 9.21 Å². The number of Topliss-reactive ketones (excluding diaryl/α,β-unsaturated/α-hetero) is 1. The highest BCUT2D eigenvalue weighted by atomic mass is 32.2. The van der Waals surface area contributed by atoms with Gasteiger partial charge in [0.1, 0.15) is 18.9 Å². The fourth-order valence-electron chi connectivity index (χ4n) is 3.04. The molecule has 9 nitrogen and oxygen atoms in total. The van der Waals surface area contributed by atoms with Gasteiger partial charge in [-0.2, -0.15) is 4.31 Å². The molecule has 1 aromatic carbocycles. The van der Waals surface area contributed by atoms with Gasteiger partial charge in [0, 0.05) is 26.2 Å². The predicted octanol–water partition coefficient (Wildman–Crippen LogP) is 0.837. The molecule has 0 radical (unpaired) electrons. The summed E-state index contributed by atoms with van der Waals surface area (Å²) in [6, 6.07) is 3.59. The number of hydrogen-bond donors (Lipinski definition) is 0. The second-order valence-electron chi connectivity index (χ2n) is 6.55. The van der Waals surface area contributed by atoms with E-state index in [-0.39, 0.29) is 41.2 Å². The van der Waals surface area contributed by atoms with Gasteiger partial charge in [-0.1, -0.05) is 0 Å². The monoisotopic (exact) mass is 395 g/mol. The molecular weight excluding hydrogens is 374 g/mol. The van der Waals surface area contributed by atoms with Gasteiger partial charge in [-0.3, -0.25) is 19.4 Å². The van der Waals surface area contributed by atoms with E-state index in [0.717, 1.165) is 17.7 Å². The SMILES string of the molecule is CC(=O)COc1cc(S(=O)(=O)N2CCCC2)ccc1N1CC(=O)N(C)C1=O. The summed E-state index contributed by atoms with van der Waals surface area (Å²) in [5.41, 5.74) is 0.249. The number of benzene rings is 1. The molecule has 27 heavy (non-hydrogen) atoms. The van der Waals surface area contributed by atoms with Gasteiger partial charge in [-0.25, -0.2) is 13.2 Å². The van der Waals surface area contributed by atoms with Crippen molar-refractivity contribution in [3.05, 3.63) is 18.2 Å². The smallest absolute Gasteiger partial charge is 0.331 e. The molecular formula is C17H21N3O6S. The number of urea groups is 1. The van der Waals surface area contributed by atoms with Crippen LogP contribution in [-0.4, -0.2) is 68.6 Å². The number of anilines is 1. The fourth-order valence-corrected chi connectivity index (χ4v) is 4.57. The van der Waals surface area contributed by atoms with Crippen LogP contribution in [0, 0.1) is 0 Å². The summed E-state index contributed by atoms with van der Waals surface area (Å²) in [7, 11) is -2.32. The van der Waals surface area contributed by atoms with Gasteiger partial charge in [-0.15, -0.1) is 0 Å². The lowest BCUT2D eigenvalue weighted by Crippen LogP contribution is -2.30. The zero-order valence-corrected chi connectivity index (χ0v) is 16.0. The number of ketones is 1. The average molecular weight is 395 g/mol. The molecule has 2 aliphatic heterocycles. The van der Waals surface area contributed by atoms with Gasteiger partial charge in [-0.05, 0) is 31.9 Å². The van der Waals surface area contributed by atoms with Gasteiger partial charge < -0.3 is 4.74 Å². The zero-order valence-electron chi connectivity index (χ0n) is 15.2. The second kappa shape index (κ2) is 7.28. The third-order valence-electron chi connectivity index (χ3n) is 4.54. The summed E-state index contributed by atoms with van der Waals surface area (Å²) in [4.78, 5) is 37.6. The fraction of sp³-hybridized carbons (Fsp3) is 0.471. The van der Waals surface area contributed by atoms with Crippen LogP contribution in [0.15, 0.2) is 23.1 Å². The molecule has 2 heterocycles. The number of carbonyl (C=O) groups excluding carboxylic acids is 3. The highest BCUT2D eigenvalue weighted by Gasteiger charge is 2.36. The number of ether oxygens (including phenoxy) is 1. The number of nitrogens with zero attached hydrogens (tertiary/aromatic N) is 3. The Kier molecular flexibility index (Phi) is 5.20. The largest absolute Gasteiger partial charge is 0.484 e. The molecule has 0 bridgehead atoms. The van der Waals surface area contributed by atoms with Crippen molar-refractivity contribution < 1.29 is 27.5 Å². The lowest BCUT2D eigenvalue weighted by atomic mass is 10.2. The summed E-state index contributed by atoms with van der Waals surface area (Å²) in [5, 5.41) is 0. The Labute approximate surface area is 157 Å². The molecule has 0 spiro atoms. The van der Waals surface area contributed by atoms with E-state index in [1.807, 2.05) is 0 Å². The van der Waals surface area contributed by atoms with Gasteiger partial charge in [0.25, 0.3) is 0 Å². The molecule has 2 aliphatic rings. The van der Waals surface area contributed by atoms with Crippen molar-refractivity contribution in [3.8, 4) is 5.75 Å². The molecule has 0 N–H and O–H groups in total. The standard InChI is InChI=1S/C17H21N3O6S/c1-12(21)11-26-15-9-13(27(24,25)19-7-3-4-8-19)5-6-14(15)20-10-16(22)18(2)17(20)23/h5-6,9H,3-4,7-8,10-11H2,1-2H3. The number of carbonyl (C=O) groups is 3. The molecule has 0 saturated carbocycles. The Bertz CT molecular complexity index is 892. The maximum atomic E-state index is 12.8. The van der Waals surface area contributed by atoms with Crippen LogP contribution in [0.4, 0.5) is 10.5 Å². The molecule has 3 rings (SSSR count). The van der Waals surface area contributed by atoms with Crippen molar-refractivity contribution in [3.63, 3.8) is 0 Å². The van der Waals surface area contributed by atoms with E-state index >= 15 is 0 Å². The number of hydrogen-bond acceptors (Lipinski definition) is 6. The molecule has 10 heteroatoms. The van der Waals surface area contributed by atoms with Crippen molar-refractivity contribution in [2.24, 2.45) is 0 Å². The first kappa shape index (κ1) is 19.3. The Morgan fingerprint density at radius 3 is 2.41 bits per heavy atom. The van der Waals surface area contributed by atoms with Crippen LogP contribution in [-0.2, 0) is 19.6 Å². The van der Waals surface area contributed by atoms with E-state index in [0.29, 0.717) is 13.1 Å². The predicted molar refractivity (Wildman–Crippen MR) is 96.1 cm³/mol. The third kappa shape index (κ3) is 3.67. The van der Waals surface area contributed by atoms with E-state index in [2.05, 4.69) is 0 Å². The first-order chi connectivity index (χ1) is 12.7. The van der Waals surface area contributed by atoms with E-state index in [1.165, 1.54) is 41.4 Å². The number of sulfonamides is 1. The van der Waals surface area contributed by atoms with Gasteiger partial charge in [0.05, 0.1) is 10.6 Å². The van der Waals surface area contributed by atoms with Gasteiger partial charge in [0.2, 0.25) is 15.9 Å². The first-order valence-electron chi connectivity index (χ1n) is 8.56. The minimum Gasteiger partial charge on any atom is -0.484 e. The molecule has 0 aliphatic carbocycles. The summed E-state index contributed by atoms with van der Waals surface area (Å²) >= 11 is 0. The Hall–Kier alpha value is -2.46. The van der Waals surface area contributed by atoms with Crippen molar-refractivity contribution in [2.45, 2.75) is 24.7 Å². The maximum Gasteiger partial charge on any atom is 0.331 e. The number of rotatable bonds is 6. The Morgan fingerprint density at radius 1 is 1.19 bits per heavy atom. The first-order valence-corrected chi connectivity index (χ1v) is 10.0. The van der Waals surface area contributed by atoms with Crippen LogP contribution < -0.4 is 9.64 Å².